The third-order valence-electron chi connectivity index (χ3n) is 2.95. The Bertz CT molecular complexity index is 562. The average Bonchev–Trinajstić information content (AvgIpc) is 2.59. The first-order valence-electron chi connectivity index (χ1n) is 7.54. The van der Waals surface area contributed by atoms with Crippen LogP contribution in [0.25, 0.3) is 0 Å². The lowest BCUT2D eigenvalue weighted by Gasteiger charge is -2.18. The van der Waals surface area contributed by atoms with Crippen LogP contribution in [-0.4, -0.2) is 81.2 Å². The van der Waals surface area contributed by atoms with Crippen LogP contribution in [-0.2, 0) is 24.0 Å². The van der Waals surface area contributed by atoms with E-state index in [9.17, 15) is 24.0 Å². The van der Waals surface area contributed by atoms with Crippen molar-refractivity contribution in [2.75, 3.05) is 18.1 Å². The lowest BCUT2D eigenvalue weighted by Crippen LogP contribution is -2.49. The van der Waals surface area contributed by atoms with E-state index in [4.69, 9.17) is 26.8 Å². The molecule has 0 aliphatic rings. The van der Waals surface area contributed by atoms with E-state index in [2.05, 4.69) is 10.6 Å². The molecule has 0 bridgehead atoms. The lowest BCUT2D eigenvalue weighted by atomic mass is 10.1. The molecule has 3 atom stereocenters. The lowest BCUT2D eigenvalue weighted by molar-refractivity contribution is -0.139. The monoisotopic (exact) mass is 426 g/mol. The summed E-state index contributed by atoms with van der Waals surface area (Å²) in [5.41, 5.74) is 10.6. The molecule has 2 amide bonds. The minimum absolute atomic E-state index is 0.0131. The fourth-order valence-electron chi connectivity index (χ4n) is 1.45. The second-order valence-corrected chi connectivity index (χ2v) is 7.78. The molecule has 0 heterocycles. The summed E-state index contributed by atoms with van der Waals surface area (Å²) >= 11 is 0. The van der Waals surface area contributed by atoms with Gasteiger partial charge in [0.25, 0.3) is 0 Å². The SMILES string of the molecule is NC(CCC(=O)NC(CSSC[C@H](N)C(=O)O)C(=O)NCC(=O)O)C(=O)O. The van der Waals surface area contributed by atoms with Crippen LogP contribution in [0.1, 0.15) is 12.8 Å². The van der Waals surface area contributed by atoms with Crippen molar-refractivity contribution in [1.29, 1.82) is 0 Å². The van der Waals surface area contributed by atoms with Gasteiger partial charge in [-0.2, -0.15) is 0 Å². The van der Waals surface area contributed by atoms with Gasteiger partial charge >= 0.3 is 17.9 Å². The quantitative estimate of drug-likeness (QED) is 0.115. The second kappa shape index (κ2) is 13.2. The van der Waals surface area contributed by atoms with Gasteiger partial charge in [0, 0.05) is 17.9 Å². The maximum atomic E-state index is 12.0. The molecule has 0 aromatic rings. The topological polar surface area (TPSA) is 222 Å². The molecule has 14 heteroatoms. The van der Waals surface area contributed by atoms with Gasteiger partial charge in [-0.05, 0) is 6.42 Å². The predicted octanol–water partition coefficient (Wildman–Crippen LogP) is -2.34. The van der Waals surface area contributed by atoms with Crippen molar-refractivity contribution in [1.82, 2.24) is 10.6 Å². The summed E-state index contributed by atoms with van der Waals surface area (Å²) < 4.78 is 0. The number of hydrogen-bond donors (Lipinski definition) is 7. The molecule has 154 valence electrons. The van der Waals surface area contributed by atoms with Crippen LogP contribution < -0.4 is 22.1 Å². The number of carboxylic acid groups (broad SMARTS) is 3. The minimum atomic E-state index is -1.27. The first kappa shape index (κ1) is 25.0. The highest BCUT2D eigenvalue weighted by atomic mass is 33.1. The molecule has 9 N–H and O–H groups in total. The fourth-order valence-corrected chi connectivity index (χ4v) is 3.73. The molecule has 0 aliphatic carbocycles. The third kappa shape index (κ3) is 12.1. The molecular formula is C13H22N4O8S2. The van der Waals surface area contributed by atoms with Crippen LogP contribution in [0.5, 0.6) is 0 Å². The van der Waals surface area contributed by atoms with E-state index < -0.39 is 54.4 Å². The van der Waals surface area contributed by atoms with Gasteiger partial charge in [0.15, 0.2) is 0 Å². The third-order valence-corrected chi connectivity index (χ3v) is 5.40. The van der Waals surface area contributed by atoms with Gasteiger partial charge in [-0.25, -0.2) is 0 Å². The van der Waals surface area contributed by atoms with Crippen molar-refractivity contribution < 1.29 is 39.3 Å². The van der Waals surface area contributed by atoms with Gasteiger partial charge in [-0.1, -0.05) is 21.6 Å². The summed E-state index contributed by atoms with van der Waals surface area (Å²) in [4.78, 5) is 55.7. The maximum absolute atomic E-state index is 12.0. The van der Waals surface area contributed by atoms with E-state index in [1.807, 2.05) is 0 Å². The zero-order valence-electron chi connectivity index (χ0n) is 14.1. The van der Waals surface area contributed by atoms with E-state index >= 15 is 0 Å². The van der Waals surface area contributed by atoms with Crippen molar-refractivity contribution in [2.24, 2.45) is 11.5 Å². The van der Waals surface area contributed by atoms with E-state index in [0.717, 1.165) is 21.6 Å². The van der Waals surface area contributed by atoms with Crippen molar-refractivity contribution in [3.8, 4) is 0 Å². The summed E-state index contributed by atoms with van der Waals surface area (Å²) in [6, 6.07) is -3.41. The summed E-state index contributed by atoms with van der Waals surface area (Å²) in [5, 5.41) is 30.5. The molecule has 0 aromatic heterocycles. The van der Waals surface area contributed by atoms with E-state index in [-0.39, 0.29) is 24.3 Å². The largest absolute Gasteiger partial charge is 0.480 e. The predicted molar refractivity (Wildman–Crippen MR) is 97.9 cm³/mol. The zero-order valence-corrected chi connectivity index (χ0v) is 15.8. The molecule has 2 unspecified atom stereocenters. The highest BCUT2D eigenvalue weighted by molar-refractivity contribution is 8.76. The van der Waals surface area contributed by atoms with Crippen LogP contribution in [0, 0.1) is 0 Å². The number of nitrogens with one attached hydrogen (secondary N) is 2. The van der Waals surface area contributed by atoms with E-state index in [1.165, 1.54) is 0 Å². The number of amides is 2. The number of carbonyl (C=O) groups excluding carboxylic acids is 2. The highest BCUT2D eigenvalue weighted by Gasteiger charge is 2.23. The average molecular weight is 426 g/mol. The fraction of sp³-hybridized carbons (Fsp3) is 0.615. The van der Waals surface area contributed by atoms with Gasteiger partial charge in [0.1, 0.15) is 24.7 Å². The van der Waals surface area contributed by atoms with Gasteiger partial charge in [0.05, 0.1) is 0 Å². The van der Waals surface area contributed by atoms with Crippen LogP contribution >= 0.6 is 21.6 Å². The van der Waals surface area contributed by atoms with Crippen LogP contribution in [0.2, 0.25) is 0 Å². The number of hydrogen-bond acceptors (Lipinski definition) is 9. The first-order chi connectivity index (χ1) is 12.5. The summed E-state index contributed by atoms with van der Waals surface area (Å²) in [6.07, 6.45) is -0.377. The molecule has 0 radical (unpaired) electrons. The summed E-state index contributed by atoms with van der Waals surface area (Å²) in [6.45, 7) is -0.642. The Balaban J connectivity index is 4.61. The standard InChI is InChI=1S/C13H22N4O8S2/c14-6(12(22)23)1-2-9(18)17-8(11(21)16-3-10(19)20)5-27-26-4-7(15)13(24)25/h6-8H,1-5,14-15H2,(H,16,21)(H,17,18)(H,19,20)(H,22,23)(H,24,25)/t6?,7-,8?/m0/s1. The zero-order chi connectivity index (χ0) is 21.0. The highest BCUT2D eigenvalue weighted by Crippen LogP contribution is 2.22. The first-order valence-corrected chi connectivity index (χ1v) is 10.0. The molecule has 27 heavy (non-hydrogen) atoms. The van der Waals surface area contributed by atoms with Crippen LogP contribution in [0.4, 0.5) is 0 Å². The number of carbonyl (C=O) groups is 5. The second-order valence-electron chi connectivity index (χ2n) is 5.23. The van der Waals surface area contributed by atoms with Crippen molar-refractivity contribution in [3.05, 3.63) is 0 Å². The van der Waals surface area contributed by atoms with Gasteiger partial charge < -0.3 is 37.4 Å². The Labute approximate surface area is 162 Å². The number of nitrogens with two attached hydrogens (primary N) is 2. The molecule has 0 rings (SSSR count). The molecule has 0 spiro atoms. The summed E-state index contributed by atoms with van der Waals surface area (Å²) in [7, 11) is 2.15. The number of aliphatic carboxylic acids is 3. The number of carboxylic acids is 3. The molecule has 12 nitrogen and oxygen atoms in total. The Morgan fingerprint density at radius 3 is 1.96 bits per heavy atom. The normalized spacial score (nSPS) is 13.9. The molecule has 0 aromatic carbocycles. The Morgan fingerprint density at radius 2 is 1.44 bits per heavy atom. The Kier molecular flexibility index (Phi) is 12.2. The number of rotatable bonds is 14. The van der Waals surface area contributed by atoms with Crippen LogP contribution in [0.3, 0.4) is 0 Å². The van der Waals surface area contributed by atoms with Crippen molar-refractivity contribution in [2.45, 2.75) is 31.0 Å². The molecule has 0 fully saturated rings. The van der Waals surface area contributed by atoms with Crippen molar-refractivity contribution >= 4 is 51.3 Å². The molecule has 0 aliphatic heterocycles. The molecule has 0 saturated carbocycles. The Hall–Kier alpha value is -2.03. The van der Waals surface area contributed by atoms with E-state index in [0.29, 0.717) is 0 Å². The summed E-state index contributed by atoms with van der Waals surface area (Å²) in [5.74, 6) is -5.01. The van der Waals surface area contributed by atoms with Crippen LogP contribution in [0.15, 0.2) is 0 Å². The minimum Gasteiger partial charge on any atom is -0.480 e. The van der Waals surface area contributed by atoms with Gasteiger partial charge in [-0.3, -0.25) is 24.0 Å². The van der Waals surface area contributed by atoms with Crippen molar-refractivity contribution in [3.63, 3.8) is 0 Å². The van der Waals surface area contributed by atoms with E-state index in [1.54, 1.807) is 0 Å². The maximum Gasteiger partial charge on any atom is 0.322 e. The molecular weight excluding hydrogens is 404 g/mol. The molecule has 0 saturated heterocycles. The Morgan fingerprint density at radius 1 is 0.889 bits per heavy atom. The van der Waals surface area contributed by atoms with Gasteiger partial charge in [0.2, 0.25) is 11.8 Å². The smallest absolute Gasteiger partial charge is 0.322 e. The van der Waals surface area contributed by atoms with Gasteiger partial charge in [-0.15, -0.1) is 0 Å².